The van der Waals surface area contributed by atoms with Crippen molar-refractivity contribution in [2.75, 3.05) is 0 Å². The van der Waals surface area contributed by atoms with Gasteiger partial charge in [0.2, 0.25) is 0 Å². The summed E-state index contributed by atoms with van der Waals surface area (Å²) in [4.78, 5) is 0. The lowest BCUT2D eigenvalue weighted by Gasteiger charge is -2.21. The van der Waals surface area contributed by atoms with Crippen LogP contribution in [0.4, 0.5) is 26.3 Å². The van der Waals surface area contributed by atoms with Crippen molar-refractivity contribution in [3.8, 4) is 0 Å². The number of halogens is 8. The Morgan fingerprint density at radius 3 is 1.48 bits per heavy atom. The molecule has 0 radical (unpaired) electrons. The third kappa shape index (κ3) is 4.02. The summed E-state index contributed by atoms with van der Waals surface area (Å²) in [7, 11) is 0. The smallest absolute Gasteiger partial charge is 0.166 e. The number of rotatable bonds is 2. The average molecular weight is 389 g/mol. The molecule has 0 aliphatic rings. The molecule has 0 bridgehead atoms. The summed E-state index contributed by atoms with van der Waals surface area (Å²) in [6.45, 7) is -3.73. The zero-order chi connectivity index (χ0) is 17.5. The molecule has 0 aliphatic heterocycles. The second-order valence-corrected chi connectivity index (χ2v) is 11.0. The quantitative estimate of drug-likeness (QED) is 0.395. The van der Waals surface area contributed by atoms with Crippen molar-refractivity contribution in [2.24, 2.45) is 0 Å². The van der Waals surface area contributed by atoms with Gasteiger partial charge >= 0.3 is 19.0 Å². The second-order valence-electron chi connectivity index (χ2n) is 4.73. The standard InChI is InChI=1S/C14H8Cl2F6Si/c15-23(16,11-4-2-1-3-5-11)12-7-9(13(17,18)19)6-10(8-12)14(20,21)22/h1-8H. The minimum Gasteiger partial charge on any atom is -0.166 e. The second kappa shape index (κ2) is 6.03. The van der Waals surface area contributed by atoms with Crippen LogP contribution in [0, 0.1) is 0 Å². The third-order valence-corrected chi connectivity index (χ3v) is 7.78. The number of alkyl halides is 6. The van der Waals surface area contributed by atoms with E-state index in [2.05, 4.69) is 0 Å². The predicted octanol–water partition coefficient (Wildman–Crippen LogP) is 4.76. The summed E-state index contributed by atoms with van der Waals surface area (Å²) in [5.41, 5.74) is -2.87. The lowest BCUT2D eigenvalue weighted by atomic mass is 10.1. The molecule has 0 atom stereocenters. The van der Waals surface area contributed by atoms with Crippen LogP contribution in [0.3, 0.4) is 0 Å². The van der Waals surface area contributed by atoms with Crippen LogP contribution in [0.5, 0.6) is 0 Å². The molecular formula is C14H8Cl2F6Si. The van der Waals surface area contributed by atoms with Gasteiger partial charge in [-0.15, -0.1) is 22.2 Å². The molecule has 9 heteroatoms. The highest BCUT2D eigenvalue weighted by Crippen LogP contribution is 2.35. The molecule has 0 fully saturated rings. The first-order valence-electron chi connectivity index (χ1n) is 6.15. The van der Waals surface area contributed by atoms with Crippen molar-refractivity contribution in [1.82, 2.24) is 0 Å². The molecule has 0 unspecified atom stereocenters. The number of hydrogen-bond acceptors (Lipinski definition) is 0. The van der Waals surface area contributed by atoms with Gasteiger partial charge in [-0.25, -0.2) is 0 Å². The lowest BCUT2D eigenvalue weighted by molar-refractivity contribution is -0.142. The maximum absolute atomic E-state index is 12.9. The molecule has 124 valence electrons. The van der Waals surface area contributed by atoms with Crippen LogP contribution in [0.15, 0.2) is 48.5 Å². The predicted molar refractivity (Wildman–Crippen MR) is 79.6 cm³/mol. The Hall–Kier alpha value is -1.18. The van der Waals surface area contributed by atoms with Crippen molar-refractivity contribution in [2.45, 2.75) is 12.4 Å². The van der Waals surface area contributed by atoms with Crippen LogP contribution in [0.2, 0.25) is 0 Å². The minimum absolute atomic E-state index is 0.0484. The molecule has 2 aromatic carbocycles. The molecule has 0 nitrogen and oxygen atoms in total. The van der Waals surface area contributed by atoms with Gasteiger partial charge in [-0.1, -0.05) is 30.3 Å². The zero-order valence-electron chi connectivity index (χ0n) is 11.1. The van der Waals surface area contributed by atoms with Gasteiger partial charge in [-0.2, -0.15) is 26.3 Å². The van der Waals surface area contributed by atoms with Crippen molar-refractivity contribution in [3.63, 3.8) is 0 Å². The zero-order valence-corrected chi connectivity index (χ0v) is 13.7. The highest BCUT2D eigenvalue weighted by Gasteiger charge is 2.41. The van der Waals surface area contributed by atoms with E-state index in [1.165, 1.54) is 12.1 Å². The molecule has 23 heavy (non-hydrogen) atoms. The molecule has 0 aliphatic carbocycles. The summed E-state index contributed by atoms with van der Waals surface area (Å²) < 4.78 is 77.3. The van der Waals surface area contributed by atoms with Crippen LogP contribution >= 0.6 is 22.2 Å². The molecule has 0 heterocycles. The van der Waals surface area contributed by atoms with Crippen molar-refractivity contribution < 1.29 is 26.3 Å². The Morgan fingerprint density at radius 1 is 0.652 bits per heavy atom. The molecule has 0 saturated heterocycles. The van der Waals surface area contributed by atoms with Crippen LogP contribution < -0.4 is 10.4 Å². The Kier molecular flexibility index (Phi) is 4.76. The number of hydrogen-bond donors (Lipinski definition) is 0. The molecule has 2 aromatic rings. The summed E-state index contributed by atoms with van der Waals surface area (Å²) in [6.07, 6.45) is -9.88. The summed E-state index contributed by atoms with van der Waals surface area (Å²) in [6, 6.07) is 8.89. The van der Waals surface area contributed by atoms with Gasteiger partial charge in [-0.3, -0.25) is 0 Å². The fourth-order valence-corrected chi connectivity index (χ4v) is 4.98. The Morgan fingerprint density at radius 2 is 1.09 bits per heavy atom. The average Bonchev–Trinajstić information content (AvgIpc) is 2.46. The summed E-state index contributed by atoms with van der Waals surface area (Å²) in [5.74, 6) is 0. The van der Waals surface area contributed by atoms with Gasteiger partial charge in [0, 0.05) is 0 Å². The van der Waals surface area contributed by atoms with Gasteiger partial charge in [0.25, 0.3) is 0 Å². The maximum Gasteiger partial charge on any atom is 0.416 e. The van der Waals surface area contributed by atoms with Crippen molar-refractivity contribution >= 4 is 39.2 Å². The van der Waals surface area contributed by atoms with E-state index in [0.717, 1.165) is 0 Å². The third-order valence-electron chi connectivity index (χ3n) is 3.09. The SMILES string of the molecule is FC(F)(F)c1cc(C(F)(F)F)cc([Si](Cl)(Cl)c2ccccc2)c1. The molecule has 0 aromatic heterocycles. The molecule has 0 spiro atoms. The van der Waals surface area contributed by atoms with Gasteiger partial charge in [0.1, 0.15) is 0 Å². The monoisotopic (exact) mass is 388 g/mol. The topological polar surface area (TPSA) is 0 Å². The van der Waals surface area contributed by atoms with Gasteiger partial charge in [0.15, 0.2) is 0 Å². The van der Waals surface area contributed by atoms with E-state index in [4.69, 9.17) is 22.2 Å². The lowest BCUT2D eigenvalue weighted by Crippen LogP contribution is -2.49. The largest absolute Gasteiger partial charge is 0.416 e. The van der Waals surface area contributed by atoms with Gasteiger partial charge < -0.3 is 0 Å². The fourth-order valence-electron chi connectivity index (χ4n) is 1.95. The first kappa shape index (κ1) is 18.2. The maximum atomic E-state index is 12.9. The van der Waals surface area contributed by atoms with Crippen molar-refractivity contribution in [3.05, 3.63) is 59.7 Å². The Balaban J connectivity index is 2.67. The minimum atomic E-state index is -4.94. The summed E-state index contributed by atoms with van der Waals surface area (Å²) in [5, 5.41) is -0.0648. The molecule has 0 saturated carbocycles. The van der Waals surface area contributed by atoms with Gasteiger partial charge in [-0.05, 0) is 28.6 Å². The Bertz CT molecular complexity index is 662. The fraction of sp³-hybridized carbons (Fsp3) is 0.143. The van der Waals surface area contributed by atoms with E-state index in [-0.39, 0.29) is 11.3 Å². The molecule has 2 rings (SSSR count). The van der Waals surface area contributed by atoms with E-state index in [1.807, 2.05) is 0 Å². The van der Waals surface area contributed by atoms with Gasteiger partial charge in [0.05, 0.1) is 11.1 Å². The molecule has 0 N–H and O–H groups in total. The van der Waals surface area contributed by atoms with Crippen LogP contribution in [0.1, 0.15) is 11.1 Å². The highest BCUT2D eigenvalue weighted by molar-refractivity contribution is 7.56. The van der Waals surface area contributed by atoms with Crippen LogP contribution in [-0.4, -0.2) is 6.69 Å². The van der Waals surface area contributed by atoms with Crippen LogP contribution in [-0.2, 0) is 12.4 Å². The Labute approximate surface area is 138 Å². The first-order chi connectivity index (χ1) is 10.4. The van der Waals surface area contributed by atoms with Crippen LogP contribution in [0.25, 0.3) is 0 Å². The van der Waals surface area contributed by atoms with E-state index >= 15 is 0 Å². The number of benzene rings is 2. The van der Waals surface area contributed by atoms with E-state index in [0.29, 0.717) is 17.3 Å². The first-order valence-corrected chi connectivity index (χ1v) is 10.2. The molecule has 0 amide bonds. The highest BCUT2D eigenvalue weighted by atomic mass is 35.7. The van der Waals surface area contributed by atoms with Crippen molar-refractivity contribution in [1.29, 1.82) is 0 Å². The summed E-state index contributed by atoms with van der Waals surface area (Å²) >= 11 is 12.4. The normalized spacial score (nSPS) is 13.2. The van der Waals surface area contributed by atoms with E-state index < -0.39 is 30.2 Å². The molecular weight excluding hydrogens is 381 g/mol. The van der Waals surface area contributed by atoms with E-state index in [1.54, 1.807) is 18.2 Å². The van der Waals surface area contributed by atoms with E-state index in [9.17, 15) is 26.3 Å².